The monoisotopic (exact) mass is 320 g/mol. The highest BCUT2D eigenvalue weighted by atomic mass is 32.2. The van der Waals surface area contributed by atoms with Crippen molar-refractivity contribution in [3.63, 3.8) is 0 Å². The van der Waals surface area contributed by atoms with Crippen LogP contribution in [0.3, 0.4) is 0 Å². The fraction of sp³-hybridized carbons (Fsp3) is 0.333. The summed E-state index contributed by atoms with van der Waals surface area (Å²) in [6, 6.07) is 4.06. The molecule has 0 aliphatic rings. The quantitative estimate of drug-likeness (QED) is 0.862. The van der Waals surface area contributed by atoms with Crippen LogP contribution >= 0.6 is 0 Å². The highest BCUT2D eigenvalue weighted by molar-refractivity contribution is 7.90. The second-order valence-electron chi connectivity index (χ2n) is 4.61. The maximum absolute atomic E-state index is 12.3. The van der Waals surface area contributed by atoms with E-state index in [2.05, 4.69) is 4.98 Å². The first-order valence-electron chi connectivity index (χ1n) is 5.75. The molecule has 0 radical (unpaired) electrons. The lowest BCUT2D eigenvalue weighted by Gasteiger charge is -2.05. The van der Waals surface area contributed by atoms with Crippen molar-refractivity contribution in [1.82, 2.24) is 9.55 Å². The Balaban J connectivity index is 2.49. The third-order valence-corrected chi connectivity index (χ3v) is 4.12. The molecule has 0 aliphatic heterocycles. The van der Waals surface area contributed by atoms with Gasteiger partial charge in [-0.05, 0) is 18.2 Å². The maximum Gasteiger partial charge on any atom is 0.450 e. The van der Waals surface area contributed by atoms with E-state index in [1.807, 2.05) is 0 Å². The molecule has 2 aromatic rings. The van der Waals surface area contributed by atoms with Crippen LogP contribution in [-0.2, 0) is 28.1 Å². The molecule has 5 nitrogen and oxygen atoms in total. The summed E-state index contributed by atoms with van der Waals surface area (Å²) < 4.78 is 61.0. The number of sulfone groups is 1. The average molecular weight is 320 g/mol. The molecule has 1 aromatic heterocycles. The van der Waals surface area contributed by atoms with Crippen LogP contribution in [0.5, 0.6) is 0 Å². The summed E-state index contributed by atoms with van der Waals surface area (Å²) in [7, 11) is -1.97. The number of halogens is 3. The number of carbonyl (C=O) groups excluding carboxylic acids is 1. The van der Waals surface area contributed by atoms with E-state index < -0.39 is 28.2 Å². The van der Waals surface area contributed by atoms with Crippen molar-refractivity contribution in [2.24, 2.45) is 7.05 Å². The molecule has 0 N–H and O–H groups in total. The zero-order chi connectivity index (χ0) is 16.0. The van der Waals surface area contributed by atoms with Crippen LogP contribution in [0.15, 0.2) is 23.1 Å². The highest BCUT2D eigenvalue weighted by Crippen LogP contribution is 2.22. The second kappa shape index (κ2) is 4.83. The van der Waals surface area contributed by atoms with Crippen LogP contribution in [0.4, 0.5) is 13.2 Å². The lowest BCUT2D eigenvalue weighted by Crippen LogP contribution is -2.25. The van der Waals surface area contributed by atoms with Crippen LogP contribution in [0.25, 0.3) is 11.0 Å². The third kappa shape index (κ3) is 3.07. The van der Waals surface area contributed by atoms with Gasteiger partial charge in [-0.15, -0.1) is 0 Å². The Kier molecular flexibility index (Phi) is 3.56. The molecule has 1 heterocycles. The molecule has 0 aliphatic carbocycles. The fourth-order valence-electron chi connectivity index (χ4n) is 1.86. The van der Waals surface area contributed by atoms with Crippen LogP contribution in [0, 0.1) is 0 Å². The number of nitrogens with zero attached hydrogens (tertiary/aromatic N) is 2. The lowest BCUT2D eigenvalue weighted by molar-refractivity contribution is -0.170. The number of alkyl halides is 3. The summed E-state index contributed by atoms with van der Waals surface area (Å²) in [5.74, 6) is -1.97. The molecule has 0 atom stereocenters. The lowest BCUT2D eigenvalue weighted by atomic mass is 10.2. The molecule has 21 heavy (non-hydrogen) atoms. The molecule has 0 saturated carbocycles. The molecule has 1 aromatic carbocycles. The predicted octanol–water partition coefficient (Wildman–Crippen LogP) is 1.65. The van der Waals surface area contributed by atoms with Crippen molar-refractivity contribution in [3.05, 3.63) is 24.0 Å². The first kappa shape index (κ1) is 15.5. The number of Topliss-reactive ketones (excluding diaryl/α,β-unsaturated/α-hetero) is 1. The van der Waals surface area contributed by atoms with E-state index in [-0.39, 0.29) is 16.2 Å². The Hall–Kier alpha value is -1.90. The molecule has 114 valence electrons. The van der Waals surface area contributed by atoms with Crippen molar-refractivity contribution in [1.29, 1.82) is 0 Å². The van der Waals surface area contributed by atoms with Gasteiger partial charge in [0, 0.05) is 13.3 Å². The van der Waals surface area contributed by atoms with Crippen LogP contribution < -0.4 is 0 Å². The van der Waals surface area contributed by atoms with Gasteiger partial charge in [-0.1, -0.05) is 0 Å². The van der Waals surface area contributed by atoms with Gasteiger partial charge in [0.05, 0.1) is 22.3 Å². The molecule has 0 saturated heterocycles. The van der Waals surface area contributed by atoms with Gasteiger partial charge < -0.3 is 4.57 Å². The highest BCUT2D eigenvalue weighted by Gasteiger charge is 2.38. The molecular formula is C12H11F3N2O3S. The number of hydrogen-bond acceptors (Lipinski definition) is 4. The molecule has 0 fully saturated rings. The number of carbonyl (C=O) groups is 1. The second-order valence-corrected chi connectivity index (χ2v) is 6.62. The number of imidazole rings is 1. The number of ketones is 1. The van der Waals surface area contributed by atoms with Crippen molar-refractivity contribution >= 4 is 26.7 Å². The van der Waals surface area contributed by atoms with E-state index in [0.29, 0.717) is 5.52 Å². The summed E-state index contributed by atoms with van der Waals surface area (Å²) in [5, 5.41) is 0. The number of aromatic nitrogens is 2. The zero-order valence-electron chi connectivity index (χ0n) is 11.1. The standard InChI is InChI=1S/C12H11F3N2O3S/c1-17-9-4-3-7(21(2,19)20)5-8(9)16-11(17)6-10(18)12(13,14)15/h3-5H,6H2,1-2H3. The maximum atomic E-state index is 12.3. The molecule has 0 amide bonds. The molecule has 0 spiro atoms. The first-order chi connectivity index (χ1) is 9.50. The molecular weight excluding hydrogens is 309 g/mol. The van der Waals surface area contributed by atoms with Gasteiger partial charge in [0.2, 0.25) is 5.78 Å². The van der Waals surface area contributed by atoms with Crippen molar-refractivity contribution in [2.45, 2.75) is 17.5 Å². The van der Waals surface area contributed by atoms with Gasteiger partial charge in [-0.2, -0.15) is 13.2 Å². The summed E-state index contributed by atoms with van der Waals surface area (Å²) in [6.45, 7) is 0. The van der Waals surface area contributed by atoms with Crippen molar-refractivity contribution in [3.8, 4) is 0 Å². The third-order valence-electron chi connectivity index (χ3n) is 3.01. The Bertz CT molecular complexity index is 822. The van der Waals surface area contributed by atoms with Crippen molar-refractivity contribution < 1.29 is 26.4 Å². The van der Waals surface area contributed by atoms with Crippen LogP contribution in [0.1, 0.15) is 5.82 Å². The largest absolute Gasteiger partial charge is 0.450 e. The Morgan fingerprint density at radius 3 is 2.48 bits per heavy atom. The summed E-state index contributed by atoms with van der Waals surface area (Å²) in [4.78, 5) is 14.9. The minimum Gasteiger partial charge on any atom is -0.331 e. The summed E-state index contributed by atoms with van der Waals surface area (Å²) in [6.07, 6.45) is -4.79. The van der Waals surface area contributed by atoms with E-state index in [9.17, 15) is 26.4 Å². The molecule has 2 rings (SSSR count). The first-order valence-corrected chi connectivity index (χ1v) is 7.64. The van der Waals surface area contributed by atoms with Gasteiger partial charge in [0.25, 0.3) is 0 Å². The van der Waals surface area contributed by atoms with Gasteiger partial charge in [0.1, 0.15) is 5.82 Å². The van der Waals surface area contributed by atoms with E-state index in [0.717, 1.165) is 6.26 Å². The van der Waals surface area contributed by atoms with Gasteiger partial charge in [0.15, 0.2) is 9.84 Å². The summed E-state index contributed by atoms with van der Waals surface area (Å²) >= 11 is 0. The number of rotatable bonds is 3. The Morgan fingerprint density at radius 2 is 1.95 bits per heavy atom. The van der Waals surface area contributed by atoms with Crippen LogP contribution in [-0.4, -0.2) is 36.2 Å². The molecule has 0 bridgehead atoms. The number of fused-ring (bicyclic) bond motifs is 1. The minimum absolute atomic E-state index is 0.0156. The molecule has 0 unspecified atom stereocenters. The van der Waals surface area contributed by atoms with E-state index in [1.165, 1.54) is 29.8 Å². The van der Waals surface area contributed by atoms with Gasteiger partial charge in [-0.3, -0.25) is 4.79 Å². The normalized spacial score (nSPS) is 12.8. The van der Waals surface area contributed by atoms with Crippen molar-refractivity contribution in [2.75, 3.05) is 6.26 Å². The van der Waals surface area contributed by atoms with E-state index in [1.54, 1.807) is 0 Å². The smallest absolute Gasteiger partial charge is 0.331 e. The molecule has 9 heteroatoms. The SMILES string of the molecule is Cn1c(CC(=O)C(F)(F)F)nc2cc(S(C)(=O)=O)ccc21. The van der Waals surface area contributed by atoms with Gasteiger partial charge >= 0.3 is 6.18 Å². The number of hydrogen-bond donors (Lipinski definition) is 0. The average Bonchev–Trinajstić information content (AvgIpc) is 2.63. The fourth-order valence-corrected chi connectivity index (χ4v) is 2.50. The van der Waals surface area contributed by atoms with Gasteiger partial charge in [-0.25, -0.2) is 13.4 Å². The number of benzene rings is 1. The Labute approximate surface area is 118 Å². The van der Waals surface area contributed by atoms with E-state index in [4.69, 9.17) is 0 Å². The number of aryl methyl sites for hydroxylation is 1. The van der Waals surface area contributed by atoms with Crippen LogP contribution in [0.2, 0.25) is 0 Å². The predicted molar refractivity (Wildman–Crippen MR) is 68.6 cm³/mol. The Morgan fingerprint density at radius 1 is 1.33 bits per heavy atom. The van der Waals surface area contributed by atoms with E-state index >= 15 is 0 Å². The topological polar surface area (TPSA) is 69.0 Å². The summed E-state index contributed by atoms with van der Waals surface area (Å²) in [5.41, 5.74) is 0.678. The minimum atomic E-state index is -4.92. The zero-order valence-corrected chi connectivity index (χ0v) is 11.9.